The molecule has 6 aromatic rings. The summed E-state index contributed by atoms with van der Waals surface area (Å²) < 4.78 is 52.3. The zero-order valence-electron chi connectivity index (χ0n) is 31.0. The van der Waals surface area contributed by atoms with Crippen LogP contribution in [0.15, 0.2) is 97.1 Å². The van der Waals surface area contributed by atoms with Gasteiger partial charge in [0.15, 0.2) is 17.4 Å². The lowest BCUT2D eigenvalue weighted by Crippen LogP contribution is -2.17. The van der Waals surface area contributed by atoms with Gasteiger partial charge in [-0.25, -0.2) is 18.4 Å². The molecule has 1 aromatic heterocycles. The molecule has 0 bridgehead atoms. The molecule has 54 heavy (non-hydrogen) atoms. The van der Waals surface area contributed by atoms with Crippen molar-refractivity contribution in [2.24, 2.45) is 0 Å². The number of carbonyl (C=O) groups excluding carboxylic acids is 1. The van der Waals surface area contributed by atoms with Gasteiger partial charge in [-0.15, -0.1) is 0 Å². The van der Waals surface area contributed by atoms with Crippen molar-refractivity contribution in [1.29, 1.82) is 0 Å². The molecule has 0 saturated heterocycles. The average Bonchev–Trinajstić information content (AvgIpc) is 3.20. The highest BCUT2D eigenvalue weighted by Gasteiger charge is 2.33. The Hall–Kier alpha value is -6.14. The van der Waals surface area contributed by atoms with E-state index in [0.717, 1.165) is 6.42 Å². The van der Waals surface area contributed by atoms with Crippen molar-refractivity contribution in [3.05, 3.63) is 108 Å². The van der Waals surface area contributed by atoms with Gasteiger partial charge in [0, 0.05) is 40.3 Å². The molecule has 0 spiro atoms. The molecule has 0 atom stereocenters. The highest BCUT2D eigenvalue weighted by Crippen LogP contribution is 2.49. The number of rotatable bonds is 13. The van der Waals surface area contributed by atoms with Crippen LogP contribution in [0.1, 0.15) is 49.5 Å². The summed E-state index contributed by atoms with van der Waals surface area (Å²) in [5.74, 6) is 2.22. The highest BCUT2D eigenvalue weighted by molar-refractivity contribution is 7.92. The number of sulfonamides is 1. The van der Waals surface area contributed by atoms with Crippen LogP contribution in [0.4, 0.5) is 17.1 Å². The summed E-state index contributed by atoms with van der Waals surface area (Å²) in [7, 11) is 0.965. The maximum Gasteiger partial charge on any atom is 0.232 e. The van der Waals surface area contributed by atoms with Crippen molar-refractivity contribution in [1.82, 2.24) is 9.97 Å². The minimum Gasteiger partial charge on any atom is -0.496 e. The summed E-state index contributed by atoms with van der Waals surface area (Å²) in [6.07, 6.45) is 1.26. The van der Waals surface area contributed by atoms with Gasteiger partial charge in [0.05, 0.1) is 49.7 Å². The first-order valence-corrected chi connectivity index (χ1v) is 19.3. The van der Waals surface area contributed by atoms with E-state index in [-0.39, 0.29) is 17.4 Å². The van der Waals surface area contributed by atoms with E-state index in [0.29, 0.717) is 91.1 Å². The molecule has 12 heteroatoms. The molecular weight excluding hydrogens is 705 g/mol. The largest absolute Gasteiger partial charge is 0.496 e. The first kappa shape index (κ1) is 37.6. The second-order valence-corrected chi connectivity index (χ2v) is 13.9. The molecule has 0 amide bonds. The molecule has 0 unspecified atom stereocenters. The first-order chi connectivity index (χ1) is 26.2. The molecular formula is C42H42N4O7S. The second-order valence-electron chi connectivity index (χ2n) is 12.1. The maximum atomic E-state index is 14.5. The number of methoxy groups -OCH3 is 3. The lowest BCUT2D eigenvalue weighted by molar-refractivity contribution is 0.104. The Balaban J connectivity index is 0.00000245. The summed E-state index contributed by atoms with van der Waals surface area (Å²) in [5.41, 5.74) is 3.91. The van der Waals surface area contributed by atoms with Crippen LogP contribution in [0, 0.1) is 0 Å². The molecule has 0 aliphatic heterocycles. The summed E-state index contributed by atoms with van der Waals surface area (Å²) in [6.45, 7) is 5.94. The number of aromatic nitrogens is 2. The number of nitrogens with one attached hydrogen (secondary N) is 2. The predicted molar refractivity (Wildman–Crippen MR) is 213 cm³/mol. The van der Waals surface area contributed by atoms with Crippen LogP contribution in [-0.4, -0.2) is 51.3 Å². The zero-order valence-corrected chi connectivity index (χ0v) is 31.8. The number of hydrogen-bond acceptors (Lipinski definition) is 10. The Bertz CT molecular complexity index is 2410. The number of carbonyl (C=O) groups is 1. The monoisotopic (exact) mass is 746 g/mol. The molecule has 0 saturated carbocycles. The van der Waals surface area contributed by atoms with E-state index in [1.54, 1.807) is 61.7 Å². The minimum absolute atomic E-state index is 0.0187. The van der Waals surface area contributed by atoms with E-state index in [2.05, 4.69) is 10.0 Å². The van der Waals surface area contributed by atoms with Gasteiger partial charge < -0.3 is 24.3 Å². The number of anilines is 3. The van der Waals surface area contributed by atoms with Crippen molar-refractivity contribution in [2.45, 2.75) is 33.6 Å². The van der Waals surface area contributed by atoms with Crippen molar-refractivity contribution >= 4 is 43.8 Å². The van der Waals surface area contributed by atoms with E-state index in [4.69, 9.17) is 28.9 Å². The number of nitrogens with zero attached hydrogens (tertiary/aromatic N) is 2. The van der Waals surface area contributed by atoms with Gasteiger partial charge in [-0.3, -0.25) is 9.52 Å². The Labute approximate surface area is 315 Å². The molecule has 2 N–H and O–H groups in total. The minimum atomic E-state index is -3.65. The van der Waals surface area contributed by atoms with Crippen molar-refractivity contribution in [3.63, 3.8) is 0 Å². The van der Waals surface area contributed by atoms with Gasteiger partial charge >= 0.3 is 0 Å². The number of ether oxygens (including phenoxy) is 4. The smallest absolute Gasteiger partial charge is 0.232 e. The van der Waals surface area contributed by atoms with Crippen LogP contribution in [0.25, 0.3) is 33.5 Å². The summed E-state index contributed by atoms with van der Waals surface area (Å²) in [6, 6.07) is 28.6. The quantitative estimate of drug-likeness (QED) is 0.117. The number of unbranched alkanes of at least 4 members (excludes halogenated alkanes) is 1. The van der Waals surface area contributed by atoms with E-state index >= 15 is 0 Å². The highest BCUT2D eigenvalue weighted by atomic mass is 32.2. The molecule has 5 aromatic carbocycles. The van der Waals surface area contributed by atoms with Gasteiger partial charge in [-0.1, -0.05) is 81.8 Å². The normalized spacial score (nSPS) is 11.6. The summed E-state index contributed by atoms with van der Waals surface area (Å²) in [4.78, 5) is 24.6. The number of benzene rings is 5. The third-order valence-electron chi connectivity index (χ3n) is 8.74. The molecule has 1 heterocycles. The van der Waals surface area contributed by atoms with Crippen molar-refractivity contribution in [2.75, 3.05) is 37.1 Å². The molecule has 0 radical (unpaired) electrons. The third-order valence-corrected chi connectivity index (χ3v) is 10.1. The topological polar surface area (TPSA) is 138 Å². The molecule has 7 rings (SSSR count). The zero-order chi connectivity index (χ0) is 38.4. The third kappa shape index (κ3) is 7.38. The standard InChI is InChI=1S/C40H36N4O7S.C2H6/c1-5-6-20-52(46,47)44-29-19-13-12-18-28(29)40-42-36-26-16-10-11-17-27(26)39(45)34-30(41-37-31(49-3)21-25(48-2)22-32(37)50-4)23-33(38(43-40)35(34)36)51-24-14-8-7-9-15-24;1-2/h7-19,21-23,41,44H,5-6,20H2,1-4H3;1-2H3. The van der Waals surface area contributed by atoms with Gasteiger partial charge in [0.1, 0.15) is 34.2 Å². The molecule has 11 nitrogen and oxygen atoms in total. The van der Waals surface area contributed by atoms with E-state index in [9.17, 15) is 13.2 Å². The Morgan fingerprint density at radius 3 is 1.96 bits per heavy atom. The fourth-order valence-electron chi connectivity index (χ4n) is 6.23. The van der Waals surface area contributed by atoms with Crippen LogP contribution in [0.5, 0.6) is 28.7 Å². The van der Waals surface area contributed by atoms with Crippen LogP contribution < -0.4 is 29.0 Å². The van der Waals surface area contributed by atoms with Crippen LogP contribution in [-0.2, 0) is 10.0 Å². The van der Waals surface area contributed by atoms with Crippen molar-refractivity contribution in [3.8, 4) is 51.4 Å². The molecule has 1 aliphatic carbocycles. The summed E-state index contributed by atoms with van der Waals surface area (Å²) in [5, 5.41) is 3.88. The lowest BCUT2D eigenvalue weighted by atomic mass is 9.85. The number of para-hydroxylation sites is 2. The fourth-order valence-corrected chi connectivity index (χ4v) is 7.51. The van der Waals surface area contributed by atoms with E-state index < -0.39 is 10.0 Å². The Morgan fingerprint density at radius 1 is 0.685 bits per heavy atom. The summed E-state index contributed by atoms with van der Waals surface area (Å²) >= 11 is 0. The van der Waals surface area contributed by atoms with Crippen LogP contribution in [0.3, 0.4) is 0 Å². The maximum absolute atomic E-state index is 14.5. The van der Waals surface area contributed by atoms with Crippen LogP contribution in [0.2, 0.25) is 0 Å². The SMILES string of the molecule is CC.CCCCS(=O)(=O)Nc1ccccc1-c1nc2c3c(c(Nc4c(OC)cc(OC)cc4OC)cc(Oc4ccccc4)c3n1)C(=O)c1ccccc1-2. The second kappa shape index (κ2) is 16.3. The van der Waals surface area contributed by atoms with Gasteiger partial charge in [-0.2, -0.15) is 0 Å². The van der Waals surface area contributed by atoms with Crippen molar-refractivity contribution < 1.29 is 32.2 Å². The van der Waals surface area contributed by atoms with Gasteiger partial charge in [-0.05, 0) is 30.7 Å². The van der Waals surface area contributed by atoms with Gasteiger partial charge in [0.25, 0.3) is 0 Å². The first-order valence-electron chi connectivity index (χ1n) is 17.7. The lowest BCUT2D eigenvalue weighted by Gasteiger charge is -2.25. The van der Waals surface area contributed by atoms with Gasteiger partial charge in [0.2, 0.25) is 10.0 Å². The number of ketones is 1. The predicted octanol–water partition coefficient (Wildman–Crippen LogP) is 9.64. The van der Waals surface area contributed by atoms with Crippen LogP contribution >= 0.6 is 0 Å². The Kier molecular flexibility index (Phi) is 11.3. The molecule has 1 aliphatic rings. The molecule has 278 valence electrons. The van der Waals surface area contributed by atoms with E-state index in [1.807, 2.05) is 63.2 Å². The fraction of sp³-hybridized carbons (Fsp3) is 0.214. The molecule has 0 fully saturated rings. The number of fused-ring (bicyclic) bond motifs is 2. The van der Waals surface area contributed by atoms with E-state index in [1.165, 1.54) is 14.2 Å². The Morgan fingerprint density at radius 2 is 1.31 bits per heavy atom. The number of hydrogen-bond donors (Lipinski definition) is 2. The average molecular weight is 747 g/mol.